The third kappa shape index (κ3) is 18.7. The first-order valence-corrected chi connectivity index (χ1v) is 0.561. The van der Waals surface area contributed by atoms with E-state index in [4.69, 9.17) is 3.87 Å². The molecule has 0 aromatic heterocycles. The maximum atomic E-state index is 7.94. The van der Waals surface area contributed by atoms with E-state index in [2.05, 4.69) is 15.7 Å². The van der Waals surface area contributed by atoms with Crippen molar-refractivity contribution in [3.05, 3.63) is 0 Å². The Balaban J connectivity index is -0.00000000167. The van der Waals surface area contributed by atoms with Gasteiger partial charge in [-0.3, -0.25) is 0 Å². The standard InChI is InChI=1S/Co.Fe.La.O.Pr. The van der Waals surface area contributed by atoms with E-state index in [-0.39, 0.29) is 94.0 Å². The van der Waals surface area contributed by atoms with E-state index in [1.807, 2.05) is 0 Å². The van der Waals surface area contributed by atoms with Crippen molar-refractivity contribution in [1.82, 2.24) is 0 Å². The first-order chi connectivity index (χ1) is 1.00. The molecular weight excluding hydrogens is 411 g/mol. The molecule has 0 saturated heterocycles. The van der Waals surface area contributed by atoms with Gasteiger partial charge >= 0.3 is 19.5 Å². The molecule has 0 heterocycles. The summed E-state index contributed by atoms with van der Waals surface area (Å²) >= 11 is 2.31. The largest absolute Gasteiger partial charge is 0 e. The Kier molecular flexibility index (Phi) is 125. The average molecular weight is 411 g/mol. The van der Waals surface area contributed by atoms with Crippen molar-refractivity contribution < 1.29 is 113 Å². The van der Waals surface area contributed by atoms with Crippen molar-refractivity contribution in [1.29, 1.82) is 0 Å². The Morgan fingerprint density at radius 3 is 1.20 bits per heavy atom. The third-order valence-electron chi connectivity index (χ3n) is 0. The zero-order chi connectivity index (χ0) is 2.00. The van der Waals surface area contributed by atoms with Crippen LogP contribution in [-0.4, -0.2) is 0 Å². The van der Waals surface area contributed by atoms with E-state index in [0.29, 0.717) is 0 Å². The zero-order valence-corrected chi connectivity index (χ0v) is 11.7. The minimum atomic E-state index is 0. The molecule has 0 bridgehead atoms. The van der Waals surface area contributed by atoms with E-state index in [1.165, 1.54) is 0 Å². The molecular formula is CoFeLaOPr. The minimum Gasteiger partial charge on any atom is 0 e. The van der Waals surface area contributed by atoms with Crippen molar-refractivity contribution in [3.8, 4) is 0 Å². The zero-order valence-electron chi connectivity index (χ0n) is 2.25. The summed E-state index contributed by atoms with van der Waals surface area (Å²) in [7, 11) is 0. The first kappa shape index (κ1) is 23.8. The molecule has 0 aromatic rings. The van der Waals surface area contributed by atoms with Gasteiger partial charge in [0.2, 0.25) is 0 Å². The van der Waals surface area contributed by atoms with Crippen LogP contribution in [0.15, 0.2) is 0 Å². The minimum absolute atomic E-state index is 0. The Labute approximate surface area is 111 Å². The van der Waals surface area contributed by atoms with Gasteiger partial charge in [-0.25, -0.2) is 0 Å². The number of rotatable bonds is 0. The maximum Gasteiger partial charge on any atom is 0 e. The molecule has 0 spiro atoms. The summed E-state index contributed by atoms with van der Waals surface area (Å²) in [5.41, 5.74) is 0. The molecule has 0 aliphatic rings. The summed E-state index contributed by atoms with van der Waals surface area (Å²) in [6.45, 7) is 0. The van der Waals surface area contributed by atoms with Gasteiger partial charge < -0.3 is 0 Å². The monoisotopic (exact) mass is 411 g/mol. The van der Waals surface area contributed by atoms with Crippen LogP contribution in [0.5, 0.6) is 0 Å². The summed E-state index contributed by atoms with van der Waals surface area (Å²) in [4.78, 5) is 0. The van der Waals surface area contributed by atoms with E-state index in [9.17, 15) is 0 Å². The number of hydrogen-bond acceptors (Lipinski definition) is 1. The Bertz CT molecular complexity index is 11.6. The van der Waals surface area contributed by atoms with Crippen molar-refractivity contribution in [2.24, 2.45) is 0 Å². The fourth-order valence-corrected chi connectivity index (χ4v) is 0. The quantitative estimate of drug-likeness (QED) is 0.509. The van der Waals surface area contributed by atoms with Gasteiger partial charge in [-0.05, 0) is 0 Å². The van der Waals surface area contributed by atoms with Crippen LogP contribution in [0.1, 0.15) is 0 Å². The van der Waals surface area contributed by atoms with Gasteiger partial charge in [0.25, 0.3) is 0 Å². The molecule has 5 heteroatoms. The predicted octanol–water partition coefficient (Wildman–Crippen LogP) is -0.124. The van der Waals surface area contributed by atoms with Gasteiger partial charge in [0.05, 0.1) is 0 Å². The van der Waals surface area contributed by atoms with Crippen LogP contribution in [0, 0.1) is 76.9 Å². The molecule has 0 saturated carbocycles. The van der Waals surface area contributed by atoms with E-state index in [0.717, 1.165) is 0 Å². The van der Waals surface area contributed by atoms with Gasteiger partial charge in [0.15, 0.2) is 0 Å². The first-order valence-electron chi connectivity index (χ1n) is 0.136. The molecule has 0 aliphatic heterocycles. The fraction of sp³-hybridized carbons (Fsp3) is 0. The van der Waals surface area contributed by atoms with E-state index < -0.39 is 0 Å². The predicted molar refractivity (Wildman–Crippen MR) is 0.686 cm³/mol. The third-order valence-corrected chi connectivity index (χ3v) is 0. The Morgan fingerprint density at radius 1 is 1.20 bits per heavy atom. The summed E-state index contributed by atoms with van der Waals surface area (Å²) < 4.78 is 7.94. The molecule has 0 N–H and O–H groups in total. The van der Waals surface area contributed by atoms with Gasteiger partial charge in [-0.2, -0.15) is 0 Å². The molecule has 0 fully saturated rings. The summed E-state index contributed by atoms with van der Waals surface area (Å²) in [5, 5.41) is 0. The van der Waals surface area contributed by atoms with Gasteiger partial charge in [-0.1, -0.05) is 0 Å². The van der Waals surface area contributed by atoms with Crippen LogP contribution in [0.4, 0.5) is 0 Å². The van der Waals surface area contributed by atoms with E-state index >= 15 is 0 Å². The normalized spacial score (nSPS) is 1.00. The molecule has 0 aliphatic carbocycles. The van der Waals surface area contributed by atoms with Crippen LogP contribution < -0.4 is 0 Å². The van der Waals surface area contributed by atoms with Crippen molar-refractivity contribution >= 4 is 0 Å². The Morgan fingerprint density at radius 2 is 1.20 bits per heavy atom. The smallest absolute Gasteiger partial charge is 0 e. The van der Waals surface area contributed by atoms with E-state index in [1.54, 1.807) is 0 Å². The molecule has 0 atom stereocenters. The molecule has 0 unspecified atom stereocenters. The fourth-order valence-electron chi connectivity index (χ4n) is 0. The molecule has 5 heavy (non-hydrogen) atoms. The van der Waals surface area contributed by atoms with Crippen LogP contribution >= 0.6 is 0 Å². The SMILES string of the molecule is [Fe].[La].[O]=[Co].[Pr]. The van der Waals surface area contributed by atoms with Gasteiger partial charge in [0.1, 0.15) is 0 Å². The van der Waals surface area contributed by atoms with Crippen molar-refractivity contribution in [2.75, 3.05) is 0 Å². The topological polar surface area (TPSA) is 17.1 Å². The molecule has 1 nitrogen and oxygen atoms in total. The molecule has 29 valence electrons. The van der Waals surface area contributed by atoms with Crippen LogP contribution in [-0.2, 0) is 36.6 Å². The molecule has 0 aromatic carbocycles. The summed E-state index contributed by atoms with van der Waals surface area (Å²) in [5.74, 6) is 0. The van der Waals surface area contributed by atoms with Crippen LogP contribution in [0.25, 0.3) is 0 Å². The summed E-state index contributed by atoms with van der Waals surface area (Å²) in [6, 6.07) is 0. The summed E-state index contributed by atoms with van der Waals surface area (Å²) in [6.07, 6.45) is 0. The second-order valence-electron chi connectivity index (χ2n) is 0. The maximum absolute atomic E-state index is 7.94. The van der Waals surface area contributed by atoms with Crippen LogP contribution in [0.3, 0.4) is 0 Å². The Hall–Kier alpha value is 3.38. The molecule has 0 amide bonds. The van der Waals surface area contributed by atoms with Crippen LogP contribution in [0.2, 0.25) is 0 Å². The molecule has 0 rings (SSSR count). The average Bonchev–Trinajstić information content (AvgIpc) is 1.00. The van der Waals surface area contributed by atoms with Crippen molar-refractivity contribution in [2.45, 2.75) is 0 Å². The second kappa shape index (κ2) is 26.3. The molecule has 2 radical (unpaired) electrons. The van der Waals surface area contributed by atoms with Gasteiger partial charge in [-0.15, -0.1) is 0 Å². The second-order valence-corrected chi connectivity index (χ2v) is 0. The van der Waals surface area contributed by atoms with Crippen molar-refractivity contribution in [3.63, 3.8) is 0 Å². The number of hydrogen-bond donors (Lipinski definition) is 0. The van der Waals surface area contributed by atoms with Gasteiger partial charge in [0, 0.05) is 94.0 Å².